The molecule has 0 saturated heterocycles. The van der Waals surface area contributed by atoms with Crippen molar-refractivity contribution in [3.63, 3.8) is 0 Å². The van der Waals surface area contributed by atoms with Crippen LogP contribution in [-0.4, -0.2) is 11.8 Å². The highest BCUT2D eigenvalue weighted by Crippen LogP contribution is 2.16. The van der Waals surface area contributed by atoms with Crippen LogP contribution in [0.2, 0.25) is 0 Å². The van der Waals surface area contributed by atoms with Crippen LogP contribution < -0.4 is 11.5 Å². The Morgan fingerprint density at radius 1 is 0.231 bits per heavy atom. The molecule has 0 aliphatic heterocycles. The third-order valence-corrected chi connectivity index (χ3v) is 10.9. The van der Waals surface area contributed by atoms with Crippen molar-refractivity contribution in [2.75, 3.05) is 0 Å². The van der Waals surface area contributed by atoms with Crippen molar-refractivity contribution in [3.8, 4) is 0 Å². The highest BCUT2D eigenvalue weighted by Gasteiger charge is 1.98. The van der Waals surface area contributed by atoms with Crippen molar-refractivity contribution >= 4 is 11.8 Å². The number of unbranched alkanes of at least 4 members (excludes halogenated alkanes) is 37. The lowest BCUT2D eigenvalue weighted by Crippen LogP contribution is -2.09. The molecule has 52 heavy (non-hydrogen) atoms. The molecule has 0 rings (SSSR count). The van der Waals surface area contributed by atoms with Gasteiger partial charge in [-0.2, -0.15) is 0 Å². The molecule has 4 N–H and O–H groups in total. The van der Waals surface area contributed by atoms with Crippen LogP contribution in [0.1, 0.15) is 270 Å². The fraction of sp³-hybridized carbons (Fsp3) is 0.875. The van der Waals surface area contributed by atoms with Crippen molar-refractivity contribution in [3.05, 3.63) is 24.3 Å². The molecule has 4 heteroatoms. The minimum atomic E-state index is -0.156. The van der Waals surface area contributed by atoms with Gasteiger partial charge >= 0.3 is 0 Å². The molecule has 4 nitrogen and oxygen atoms in total. The van der Waals surface area contributed by atoms with Gasteiger partial charge < -0.3 is 11.5 Å². The number of allylic oxidation sites excluding steroid dienone is 4. The van der Waals surface area contributed by atoms with E-state index in [1.165, 1.54) is 231 Å². The first-order valence-corrected chi connectivity index (χ1v) is 23.5. The molecule has 0 atom stereocenters. The van der Waals surface area contributed by atoms with Gasteiger partial charge in [-0.25, -0.2) is 0 Å². The molecule has 0 aromatic heterocycles. The topological polar surface area (TPSA) is 86.2 Å². The van der Waals surface area contributed by atoms with Gasteiger partial charge in [0.1, 0.15) is 0 Å². The van der Waals surface area contributed by atoms with Crippen LogP contribution >= 0.6 is 0 Å². The molecule has 0 saturated carbocycles. The predicted octanol–water partition coefficient (Wildman–Crippen LogP) is 15.5. The Morgan fingerprint density at radius 3 is 0.519 bits per heavy atom. The molecule has 0 aliphatic carbocycles. The van der Waals surface area contributed by atoms with E-state index in [-0.39, 0.29) is 11.8 Å². The zero-order valence-electron chi connectivity index (χ0n) is 35.0. The summed E-state index contributed by atoms with van der Waals surface area (Å²) < 4.78 is 0. The van der Waals surface area contributed by atoms with Crippen LogP contribution in [0, 0.1) is 0 Å². The van der Waals surface area contributed by atoms with Crippen LogP contribution in [0.4, 0.5) is 0 Å². The first kappa shape index (κ1) is 50.4. The second-order valence-electron chi connectivity index (χ2n) is 16.3. The number of carbonyl (C=O) groups is 2. The van der Waals surface area contributed by atoms with Gasteiger partial charge in [0.25, 0.3) is 0 Å². The Bertz CT molecular complexity index is 712. The average molecular weight is 729 g/mol. The number of hydrogen-bond donors (Lipinski definition) is 2. The minimum absolute atomic E-state index is 0.156. The summed E-state index contributed by atoms with van der Waals surface area (Å²) in [6, 6.07) is 0. The lowest BCUT2D eigenvalue weighted by atomic mass is 10.0. The van der Waals surface area contributed by atoms with E-state index in [2.05, 4.69) is 24.3 Å². The molecule has 0 spiro atoms. The molecule has 0 fully saturated rings. The summed E-state index contributed by atoms with van der Waals surface area (Å²) in [6.07, 6.45) is 64.8. The third-order valence-electron chi connectivity index (χ3n) is 10.9. The molecule has 306 valence electrons. The van der Waals surface area contributed by atoms with Crippen LogP contribution in [0.5, 0.6) is 0 Å². The number of primary amides is 2. The second kappa shape index (κ2) is 45.6. The normalized spacial score (nSPS) is 11.8. The van der Waals surface area contributed by atoms with E-state index in [0.717, 1.165) is 25.7 Å². The van der Waals surface area contributed by atoms with E-state index >= 15 is 0 Å². The van der Waals surface area contributed by atoms with Gasteiger partial charge in [-0.15, -0.1) is 0 Å². The largest absolute Gasteiger partial charge is 0.370 e. The summed E-state index contributed by atoms with van der Waals surface area (Å²) in [6.45, 7) is 0. The molecule has 0 aromatic carbocycles. The minimum Gasteiger partial charge on any atom is -0.370 e. The van der Waals surface area contributed by atoms with Gasteiger partial charge in [-0.3, -0.25) is 9.59 Å². The molecule has 0 aromatic rings. The van der Waals surface area contributed by atoms with Gasteiger partial charge in [0.2, 0.25) is 11.8 Å². The Labute approximate surface area is 326 Å². The molecule has 0 heterocycles. The van der Waals surface area contributed by atoms with E-state index in [1.807, 2.05) is 0 Å². The fourth-order valence-electron chi connectivity index (χ4n) is 7.42. The van der Waals surface area contributed by atoms with Crippen LogP contribution in [-0.2, 0) is 9.59 Å². The smallest absolute Gasteiger partial charge is 0.217 e. The zero-order valence-corrected chi connectivity index (χ0v) is 35.0. The third kappa shape index (κ3) is 48.4. The van der Waals surface area contributed by atoms with Crippen LogP contribution in [0.15, 0.2) is 24.3 Å². The van der Waals surface area contributed by atoms with E-state index in [1.54, 1.807) is 0 Å². The average Bonchev–Trinajstić information content (AvgIpc) is 3.12. The zero-order chi connectivity index (χ0) is 37.7. The van der Waals surface area contributed by atoms with Gasteiger partial charge in [0.05, 0.1) is 0 Å². The highest BCUT2D eigenvalue weighted by molar-refractivity contribution is 5.73. The number of carbonyl (C=O) groups excluding carboxylic acids is 2. The molecular formula is C48H92N2O2. The molecule has 0 bridgehead atoms. The molecule has 2 amide bonds. The number of amides is 2. The highest BCUT2D eigenvalue weighted by atomic mass is 16.1. The van der Waals surface area contributed by atoms with Gasteiger partial charge in [-0.1, -0.05) is 217 Å². The maximum absolute atomic E-state index is 10.7. The van der Waals surface area contributed by atoms with Crippen molar-refractivity contribution < 1.29 is 9.59 Å². The van der Waals surface area contributed by atoms with Crippen molar-refractivity contribution in [1.82, 2.24) is 0 Å². The maximum atomic E-state index is 10.7. The Morgan fingerprint density at radius 2 is 0.365 bits per heavy atom. The van der Waals surface area contributed by atoms with E-state index in [9.17, 15) is 9.59 Å². The van der Waals surface area contributed by atoms with Crippen LogP contribution in [0.3, 0.4) is 0 Å². The monoisotopic (exact) mass is 729 g/mol. The SMILES string of the molecule is NC(=O)CCCCCCCCCCCC=CCCCCCCCCCCCCCCCCCCCCC=CCCCCCCCCCCCC(N)=O. The predicted molar refractivity (Wildman–Crippen MR) is 231 cm³/mol. The first-order chi connectivity index (χ1) is 25.6. The lowest BCUT2D eigenvalue weighted by molar-refractivity contribution is -0.119. The summed E-state index contributed by atoms with van der Waals surface area (Å²) in [5, 5.41) is 0. The summed E-state index contributed by atoms with van der Waals surface area (Å²) in [5.41, 5.74) is 10.4. The Kier molecular flexibility index (Phi) is 44.2. The number of nitrogens with two attached hydrogens (primary N) is 2. The first-order valence-electron chi connectivity index (χ1n) is 23.5. The molecular weight excluding hydrogens is 637 g/mol. The quantitative estimate of drug-likeness (QED) is 0.0483. The standard InChI is InChI=1S/C48H92N2O2/c49-47(51)45-43-41-39-37-35-33-31-29-27-25-23-21-19-17-15-13-11-9-7-5-3-1-2-4-6-8-10-12-14-16-18-20-22-24-26-28-30-32-34-36-38-40-42-44-46-48(50)52/h21-24H,1-20,25-46H2,(H2,49,51)(H2,50,52). The Hall–Kier alpha value is -1.58. The summed E-state index contributed by atoms with van der Waals surface area (Å²) in [7, 11) is 0. The van der Waals surface area contributed by atoms with E-state index in [0.29, 0.717) is 12.8 Å². The van der Waals surface area contributed by atoms with E-state index in [4.69, 9.17) is 11.5 Å². The van der Waals surface area contributed by atoms with E-state index < -0.39 is 0 Å². The second-order valence-corrected chi connectivity index (χ2v) is 16.3. The number of hydrogen-bond acceptors (Lipinski definition) is 2. The lowest BCUT2D eigenvalue weighted by Gasteiger charge is -2.04. The Balaban J connectivity index is 3.13. The molecule has 0 unspecified atom stereocenters. The molecule has 0 radical (unpaired) electrons. The molecule has 0 aliphatic rings. The van der Waals surface area contributed by atoms with Gasteiger partial charge in [-0.05, 0) is 64.2 Å². The summed E-state index contributed by atoms with van der Waals surface area (Å²) >= 11 is 0. The van der Waals surface area contributed by atoms with Gasteiger partial charge in [0.15, 0.2) is 0 Å². The van der Waals surface area contributed by atoms with Crippen molar-refractivity contribution in [2.45, 2.75) is 270 Å². The summed E-state index contributed by atoms with van der Waals surface area (Å²) in [4.78, 5) is 21.4. The van der Waals surface area contributed by atoms with Crippen LogP contribution in [0.25, 0.3) is 0 Å². The van der Waals surface area contributed by atoms with Gasteiger partial charge in [0, 0.05) is 12.8 Å². The summed E-state index contributed by atoms with van der Waals surface area (Å²) in [5.74, 6) is -0.311. The van der Waals surface area contributed by atoms with Crippen molar-refractivity contribution in [1.29, 1.82) is 0 Å². The maximum Gasteiger partial charge on any atom is 0.217 e. The number of rotatable bonds is 45. The fourth-order valence-corrected chi connectivity index (χ4v) is 7.42. The van der Waals surface area contributed by atoms with Crippen molar-refractivity contribution in [2.24, 2.45) is 11.5 Å².